The van der Waals surface area contributed by atoms with Gasteiger partial charge in [-0.2, -0.15) is 0 Å². The number of methoxy groups -OCH3 is 4. The molecule has 1 aliphatic heterocycles. The highest BCUT2D eigenvalue weighted by molar-refractivity contribution is 5.95. The van der Waals surface area contributed by atoms with Gasteiger partial charge in [0, 0.05) is 60.7 Å². The van der Waals surface area contributed by atoms with Crippen molar-refractivity contribution < 1.29 is 33.4 Å². The number of nitro groups is 1. The highest BCUT2D eigenvalue weighted by Crippen LogP contribution is 2.38. The second kappa shape index (κ2) is 16.1. The number of nitrogens with one attached hydrogen (secondary N) is 2. The van der Waals surface area contributed by atoms with E-state index in [1.807, 2.05) is 42.5 Å². The lowest BCUT2D eigenvalue weighted by Crippen LogP contribution is -2.25. The molecule has 0 radical (unpaired) electrons. The third kappa shape index (κ3) is 8.12. The average molecular weight is 717 g/mol. The van der Waals surface area contributed by atoms with Crippen molar-refractivity contribution in [3.63, 3.8) is 0 Å². The third-order valence-corrected chi connectivity index (χ3v) is 9.00. The van der Waals surface area contributed by atoms with Crippen LogP contribution in [0.5, 0.6) is 28.7 Å². The summed E-state index contributed by atoms with van der Waals surface area (Å²) in [6, 6.07) is 26.4. The first-order valence-electron chi connectivity index (χ1n) is 16.8. The number of rotatable bonds is 13. The Hall–Kier alpha value is -6.69. The zero-order chi connectivity index (χ0) is 37.5. The van der Waals surface area contributed by atoms with Crippen LogP contribution in [-0.4, -0.2) is 52.9 Å². The fourth-order valence-corrected chi connectivity index (χ4v) is 6.19. The minimum Gasteiger partial charge on any atom is -0.496 e. The summed E-state index contributed by atoms with van der Waals surface area (Å²) in [7, 11) is 8.35. The summed E-state index contributed by atoms with van der Waals surface area (Å²) in [4.78, 5) is 26.1. The number of hydrazine groups is 1. The Morgan fingerprint density at radius 1 is 0.774 bits per heavy atom. The topological polar surface area (TPSA) is 134 Å². The molecule has 0 saturated heterocycles. The van der Waals surface area contributed by atoms with E-state index in [0.717, 1.165) is 53.0 Å². The smallest absolute Gasteiger partial charge is 0.347 e. The highest BCUT2D eigenvalue weighted by Gasteiger charge is 2.20. The van der Waals surface area contributed by atoms with E-state index in [1.165, 1.54) is 24.8 Å². The van der Waals surface area contributed by atoms with E-state index in [0.29, 0.717) is 34.4 Å². The van der Waals surface area contributed by atoms with Gasteiger partial charge in [-0.1, -0.05) is 24.3 Å². The molecular formula is C41H40N4O8. The quantitative estimate of drug-likeness (QED) is 0.0399. The van der Waals surface area contributed by atoms with Crippen molar-refractivity contribution >= 4 is 40.9 Å². The first-order valence-corrected chi connectivity index (χ1v) is 16.8. The second-order valence-corrected chi connectivity index (χ2v) is 12.3. The SMILES string of the molecule is COc1cc(-c2ccc(OC(=O)c3ccc(NNc4cc5c(cc4OC)N(C)CCC5)cc3OC)cc2OC)ccc1/C=C/c1ccc([N+](=O)[O-])cc1. The zero-order valence-corrected chi connectivity index (χ0v) is 30.1. The number of carbonyl (C=O) groups excluding carboxylic acids is 1. The maximum atomic E-state index is 13.4. The van der Waals surface area contributed by atoms with Crippen molar-refractivity contribution in [1.29, 1.82) is 0 Å². The molecule has 272 valence electrons. The van der Waals surface area contributed by atoms with Crippen LogP contribution >= 0.6 is 0 Å². The van der Waals surface area contributed by atoms with Crippen molar-refractivity contribution in [2.45, 2.75) is 12.8 Å². The number of esters is 1. The number of hydrogen-bond donors (Lipinski definition) is 2. The molecule has 0 fully saturated rings. The molecule has 0 aliphatic carbocycles. The lowest BCUT2D eigenvalue weighted by atomic mass is 10.0. The minimum atomic E-state index is -0.595. The summed E-state index contributed by atoms with van der Waals surface area (Å²) in [6.07, 6.45) is 5.81. The van der Waals surface area contributed by atoms with Gasteiger partial charge < -0.3 is 34.0 Å². The van der Waals surface area contributed by atoms with Crippen molar-refractivity contribution in [1.82, 2.24) is 0 Å². The van der Waals surface area contributed by atoms with Crippen molar-refractivity contribution in [2.75, 3.05) is 57.8 Å². The molecular weight excluding hydrogens is 676 g/mol. The van der Waals surface area contributed by atoms with E-state index in [-0.39, 0.29) is 11.3 Å². The molecule has 0 bridgehead atoms. The number of hydrogen-bond acceptors (Lipinski definition) is 11. The number of ether oxygens (including phenoxy) is 5. The fourth-order valence-electron chi connectivity index (χ4n) is 6.19. The van der Waals surface area contributed by atoms with Crippen molar-refractivity contribution in [2.24, 2.45) is 0 Å². The van der Waals surface area contributed by atoms with Gasteiger partial charge in [0.1, 0.15) is 34.3 Å². The van der Waals surface area contributed by atoms with Crippen molar-refractivity contribution in [3.8, 4) is 39.9 Å². The van der Waals surface area contributed by atoms with Crippen LogP contribution in [0, 0.1) is 10.1 Å². The summed E-state index contributed by atoms with van der Waals surface area (Å²) < 4.78 is 28.4. The molecule has 12 heteroatoms. The Bertz CT molecular complexity index is 2170. The lowest BCUT2D eigenvalue weighted by Gasteiger charge is -2.29. The predicted molar refractivity (Wildman–Crippen MR) is 207 cm³/mol. The lowest BCUT2D eigenvalue weighted by molar-refractivity contribution is -0.384. The van der Waals surface area contributed by atoms with Gasteiger partial charge in [0.25, 0.3) is 5.69 Å². The maximum Gasteiger partial charge on any atom is 0.347 e. The third-order valence-electron chi connectivity index (χ3n) is 9.00. The summed E-state index contributed by atoms with van der Waals surface area (Å²) >= 11 is 0. The zero-order valence-electron chi connectivity index (χ0n) is 30.1. The fraction of sp³-hybridized carbons (Fsp3) is 0.195. The molecule has 6 rings (SSSR count). The monoisotopic (exact) mass is 716 g/mol. The van der Waals surface area contributed by atoms with E-state index in [1.54, 1.807) is 63.8 Å². The van der Waals surface area contributed by atoms with Gasteiger partial charge in [0.2, 0.25) is 0 Å². The van der Waals surface area contributed by atoms with E-state index in [9.17, 15) is 14.9 Å². The minimum absolute atomic E-state index is 0.0329. The Labute approximate surface area is 307 Å². The van der Waals surface area contributed by atoms with E-state index >= 15 is 0 Å². The molecule has 12 nitrogen and oxygen atoms in total. The van der Waals surface area contributed by atoms with Crippen molar-refractivity contribution in [3.05, 3.63) is 123 Å². The number of non-ortho nitro benzene ring substituents is 1. The number of nitrogens with zero attached hydrogens (tertiary/aromatic N) is 2. The first-order chi connectivity index (χ1) is 25.7. The highest BCUT2D eigenvalue weighted by atomic mass is 16.6. The van der Waals surface area contributed by atoms with Crippen LogP contribution in [0.15, 0.2) is 91.0 Å². The summed E-state index contributed by atoms with van der Waals surface area (Å²) in [5.41, 5.74) is 13.8. The van der Waals surface area contributed by atoms with E-state index in [4.69, 9.17) is 23.7 Å². The molecule has 5 aromatic carbocycles. The molecule has 0 aromatic heterocycles. The second-order valence-electron chi connectivity index (χ2n) is 12.3. The summed E-state index contributed by atoms with van der Waals surface area (Å²) in [5, 5.41) is 11.0. The van der Waals surface area contributed by atoms with Crippen LogP contribution in [0.3, 0.4) is 0 Å². The number of anilines is 3. The first kappa shape index (κ1) is 36.1. The number of nitro benzene ring substituents is 1. The van der Waals surface area contributed by atoms with E-state index in [2.05, 4.69) is 28.9 Å². The normalized spacial score (nSPS) is 12.1. The molecule has 2 N–H and O–H groups in total. The van der Waals surface area contributed by atoms with E-state index < -0.39 is 10.9 Å². The van der Waals surface area contributed by atoms with Crippen LogP contribution in [0.2, 0.25) is 0 Å². The predicted octanol–water partition coefficient (Wildman–Crippen LogP) is 8.51. The van der Waals surface area contributed by atoms with Gasteiger partial charge in [-0.25, -0.2) is 4.79 Å². The largest absolute Gasteiger partial charge is 0.496 e. The number of aryl methyl sites for hydroxylation is 1. The maximum absolute atomic E-state index is 13.4. The Morgan fingerprint density at radius 3 is 2.25 bits per heavy atom. The Balaban J connectivity index is 1.14. The molecule has 0 spiro atoms. The van der Waals surface area contributed by atoms with Crippen LogP contribution in [-0.2, 0) is 6.42 Å². The van der Waals surface area contributed by atoms with Gasteiger partial charge >= 0.3 is 5.97 Å². The molecule has 5 aromatic rings. The van der Waals surface area contributed by atoms with Gasteiger partial charge in [-0.05, 0) is 78.1 Å². The number of fused-ring (bicyclic) bond motifs is 1. The molecule has 0 unspecified atom stereocenters. The summed E-state index contributed by atoms with van der Waals surface area (Å²) in [5.74, 6) is 1.85. The molecule has 53 heavy (non-hydrogen) atoms. The van der Waals surface area contributed by atoms with Gasteiger partial charge in [0.15, 0.2) is 0 Å². The van der Waals surface area contributed by atoms with Gasteiger partial charge in [-0.15, -0.1) is 0 Å². The molecule has 1 heterocycles. The molecule has 0 amide bonds. The molecule has 0 atom stereocenters. The Morgan fingerprint density at radius 2 is 1.53 bits per heavy atom. The van der Waals surface area contributed by atoms with Crippen LogP contribution < -0.4 is 39.4 Å². The summed E-state index contributed by atoms with van der Waals surface area (Å²) in [6.45, 7) is 1.01. The standard InChI is InChI=1S/C41H40N4O8/c1-44-20-6-7-29-21-35(40(52-5)25-36(29)44)43-42-30-14-18-34(38(23-30)50-3)41(46)53-32-17-19-33(39(24-32)51-4)28-13-12-27(37(22-28)49-2)11-8-26-9-15-31(16-10-26)45(47)48/h8-19,21-25,42-43H,6-7,20H2,1-5H3/b11-8+. The van der Waals surface area contributed by atoms with Crippen LogP contribution in [0.4, 0.5) is 22.7 Å². The Kier molecular flexibility index (Phi) is 11.0. The number of carbonyl (C=O) groups is 1. The van der Waals surface area contributed by atoms with Gasteiger partial charge in [-0.3, -0.25) is 15.5 Å². The number of benzene rings is 5. The molecule has 1 aliphatic rings. The average Bonchev–Trinajstić information content (AvgIpc) is 3.18. The molecule has 0 saturated carbocycles. The van der Waals surface area contributed by atoms with Gasteiger partial charge in [0.05, 0.1) is 44.7 Å². The van der Waals surface area contributed by atoms with Crippen LogP contribution in [0.1, 0.15) is 33.5 Å². The van der Waals surface area contributed by atoms with Crippen LogP contribution in [0.25, 0.3) is 23.3 Å².